The lowest BCUT2D eigenvalue weighted by atomic mass is 10.1. The number of anilines is 1. The van der Waals surface area contributed by atoms with E-state index in [1.807, 2.05) is 11.9 Å². The molecule has 0 unspecified atom stereocenters. The van der Waals surface area contributed by atoms with Crippen LogP contribution in [-0.4, -0.2) is 15.9 Å². The van der Waals surface area contributed by atoms with Crippen molar-refractivity contribution in [3.63, 3.8) is 0 Å². The molecule has 2 aromatic rings. The molecular weight excluding hydrogens is 234 g/mol. The van der Waals surface area contributed by atoms with E-state index in [1.54, 1.807) is 24.3 Å². The summed E-state index contributed by atoms with van der Waals surface area (Å²) in [5, 5.41) is 2.44. The SMILES string of the molecule is Cc1ccc(C(=O)Nc2cc(=O)[nH]c(=O)[nH]2)cc1. The van der Waals surface area contributed by atoms with E-state index < -0.39 is 17.2 Å². The van der Waals surface area contributed by atoms with Gasteiger partial charge in [0.2, 0.25) is 0 Å². The molecule has 3 N–H and O–H groups in total. The van der Waals surface area contributed by atoms with E-state index in [0.717, 1.165) is 11.6 Å². The Kier molecular flexibility index (Phi) is 3.09. The van der Waals surface area contributed by atoms with Gasteiger partial charge in [0.15, 0.2) is 0 Å². The van der Waals surface area contributed by atoms with Crippen molar-refractivity contribution in [3.05, 3.63) is 62.3 Å². The zero-order valence-corrected chi connectivity index (χ0v) is 9.61. The first kappa shape index (κ1) is 11.8. The summed E-state index contributed by atoms with van der Waals surface area (Å²) in [5.74, 6) is -0.328. The number of benzene rings is 1. The summed E-state index contributed by atoms with van der Waals surface area (Å²) in [6.45, 7) is 1.91. The lowest BCUT2D eigenvalue weighted by Crippen LogP contribution is -2.24. The molecule has 0 spiro atoms. The Hall–Kier alpha value is -2.63. The molecule has 0 aliphatic carbocycles. The molecule has 0 aliphatic rings. The van der Waals surface area contributed by atoms with Crippen LogP contribution in [0.1, 0.15) is 15.9 Å². The molecule has 6 heteroatoms. The van der Waals surface area contributed by atoms with Crippen molar-refractivity contribution in [3.8, 4) is 0 Å². The number of H-pyrrole nitrogens is 2. The third-order valence-electron chi connectivity index (χ3n) is 2.32. The molecule has 1 aromatic carbocycles. The predicted molar refractivity (Wildman–Crippen MR) is 66.8 cm³/mol. The van der Waals surface area contributed by atoms with Crippen molar-refractivity contribution in [2.75, 3.05) is 5.32 Å². The van der Waals surface area contributed by atoms with Gasteiger partial charge in [-0.1, -0.05) is 17.7 Å². The Morgan fingerprint density at radius 2 is 1.78 bits per heavy atom. The number of carbonyl (C=O) groups is 1. The quantitative estimate of drug-likeness (QED) is 0.724. The highest BCUT2D eigenvalue weighted by Crippen LogP contribution is 2.05. The molecule has 0 saturated heterocycles. The van der Waals surface area contributed by atoms with E-state index >= 15 is 0 Å². The smallest absolute Gasteiger partial charge is 0.308 e. The summed E-state index contributed by atoms with van der Waals surface area (Å²) < 4.78 is 0. The maximum atomic E-state index is 11.8. The van der Waals surface area contributed by atoms with E-state index in [0.29, 0.717) is 5.56 Å². The molecule has 92 valence electrons. The van der Waals surface area contributed by atoms with Crippen LogP contribution in [-0.2, 0) is 0 Å². The fourth-order valence-corrected chi connectivity index (χ4v) is 1.44. The van der Waals surface area contributed by atoms with Crippen molar-refractivity contribution in [2.45, 2.75) is 6.92 Å². The van der Waals surface area contributed by atoms with Gasteiger partial charge in [0.25, 0.3) is 11.5 Å². The topological polar surface area (TPSA) is 94.8 Å². The third-order valence-corrected chi connectivity index (χ3v) is 2.32. The normalized spacial score (nSPS) is 10.1. The van der Waals surface area contributed by atoms with Crippen molar-refractivity contribution in [1.82, 2.24) is 9.97 Å². The maximum absolute atomic E-state index is 11.8. The number of hydrogen-bond donors (Lipinski definition) is 3. The fourth-order valence-electron chi connectivity index (χ4n) is 1.44. The Labute approximate surface area is 102 Å². The molecule has 0 fully saturated rings. The van der Waals surface area contributed by atoms with Crippen molar-refractivity contribution < 1.29 is 4.79 Å². The molecular formula is C12H11N3O3. The van der Waals surface area contributed by atoms with Crippen LogP contribution in [0.2, 0.25) is 0 Å². The molecule has 1 aromatic heterocycles. The average molecular weight is 245 g/mol. The minimum absolute atomic E-state index is 0.0642. The highest BCUT2D eigenvalue weighted by molar-refractivity contribution is 6.03. The van der Waals surface area contributed by atoms with Gasteiger partial charge in [0, 0.05) is 11.6 Å². The van der Waals surface area contributed by atoms with Crippen molar-refractivity contribution >= 4 is 11.7 Å². The summed E-state index contributed by atoms with van der Waals surface area (Å²) in [7, 11) is 0. The summed E-state index contributed by atoms with van der Waals surface area (Å²) in [6.07, 6.45) is 0. The summed E-state index contributed by atoms with van der Waals surface area (Å²) in [5.41, 5.74) is 0.248. The number of aryl methyl sites for hydroxylation is 1. The highest BCUT2D eigenvalue weighted by atomic mass is 16.2. The van der Waals surface area contributed by atoms with Gasteiger partial charge in [0.1, 0.15) is 5.82 Å². The van der Waals surface area contributed by atoms with Crippen LogP contribution in [0.5, 0.6) is 0 Å². The molecule has 0 aliphatic heterocycles. The number of hydrogen-bond acceptors (Lipinski definition) is 3. The zero-order chi connectivity index (χ0) is 13.1. The first-order valence-corrected chi connectivity index (χ1v) is 5.26. The molecule has 18 heavy (non-hydrogen) atoms. The van der Waals surface area contributed by atoms with Gasteiger partial charge in [-0.25, -0.2) is 4.79 Å². The molecule has 0 bridgehead atoms. The summed E-state index contributed by atoms with van der Waals surface area (Å²) in [4.78, 5) is 38.2. The molecule has 1 heterocycles. The lowest BCUT2D eigenvalue weighted by molar-refractivity contribution is 0.102. The van der Waals surface area contributed by atoms with E-state index in [9.17, 15) is 14.4 Å². The van der Waals surface area contributed by atoms with E-state index in [4.69, 9.17) is 0 Å². The van der Waals surface area contributed by atoms with Crippen molar-refractivity contribution in [2.24, 2.45) is 0 Å². The second-order valence-electron chi connectivity index (χ2n) is 3.82. The minimum atomic E-state index is -0.665. The van der Waals surface area contributed by atoms with E-state index in [-0.39, 0.29) is 5.82 Å². The van der Waals surface area contributed by atoms with Gasteiger partial charge in [-0.15, -0.1) is 0 Å². The number of rotatable bonds is 2. The number of amides is 1. The maximum Gasteiger partial charge on any atom is 0.327 e. The van der Waals surface area contributed by atoms with Crippen LogP contribution in [0, 0.1) is 6.92 Å². The van der Waals surface area contributed by atoms with Crippen LogP contribution in [0.4, 0.5) is 5.82 Å². The summed E-state index contributed by atoms with van der Waals surface area (Å²) >= 11 is 0. The Morgan fingerprint density at radius 3 is 2.39 bits per heavy atom. The molecule has 0 atom stereocenters. The first-order valence-electron chi connectivity index (χ1n) is 5.26. The highest BCUT2D eigenvalue weighted by Gasteiger charge is 2.06. The molecule has 6 nitrogen and oxygen atoms in total. The average Bonchev–Trinajstić information content (AvgIpc) is 2.28. The van der Waals surface area contributed by atoms with Crippen LogP contribution in [0.3, 0.4) is 0 Å². The molecule has 0 saturated carbocycles. The van der Waals surface area contributed by atoms with Crippen LogP contribution in [0.25, 0.3) is 0 Å². The Morgan fingerprint density at radius 1 is 1.11 bits per heavy atom. The number of nitrogens with one attached hydrogen (secondary N) is 3. The largest absolute Gasteiger partial charge is 0.327 e. The van der Waals surface area contributed by atoms with Gasteiger partial charge in [-0.05, 0) is 19.1 Å². The van der Waals surface area contributed by atoms with E-state index in [2.05, 4.69) is 10.3 Å². The fraction of sp³-hybridized carbons (Fsp3) is 0.0833. The van der Waals surface area contributed by atoms with Gasteiger partial charge >= 0.3 is 5.69 Å². The lowest BCUT2D eigenvalue weighted by Gasteiger charge is -2.04. The van der Waals surface area contributed by atoms with Crippen molar-refractivity contribution in [1.29, 1.82) is 0 Å². The summed E-state index contributed by atoms with van der Waals surface area (Å²) in [6, 6.07) is 8.03. The number of aromatic nitrogens is 2. The predicted octanol–water partition coefficient (Wildman–Crippen LogP) is 0.624. The van der Waals surface area contributed by atoms with E-state index in [1.165, 1.54) is 0 Å². The monoisotopic (exact) mass is 245 g/mol. The van der Waals surface area contributed by atoms with Crippen LogP contribution >= 0.6 is 0 Å². The number of aromatic amines is 2. The van der Waals surface area contributed by atoms with Crippen LogP contribution < -0.4 is 16.6 Å². The van der Waals surface area contributed by atoms with Gasteiger partial charge in [-0.3, -0.25) is 19.6 Å². The standard InChI is InChI=1S/C12H11N3O3/c1-7-2-4-8(5-3-7)11(17)13-9-6-10(16)15-12(18)14-9/h2-6H,1H3,(H3,13,14,15,16,17,18). The molecule has 1 amide bonds. The second-order valence-corrected chi connectivity index (χ2v) is 3.82. The van der Waals surface area contributed by atoms with Gasteiger partial charge < -0.3 is 5.32 Å². The Bertz CT molecular complexity index is 654. The minimum Gasteiger partial charge on any atom is -0.308 e. The number of carbonyl (C=O) groups excluding carboxylic acids is 1. The zero-order valence-electron chi connectivity index (χ0n) is 9.61. The molecule has 0 radical (unpaired) electrons. The van der Waals surface area contributed by atoms with Crippen LogP contribution in [0.15, 0.2) is 39.9 Å². The van der Waals surface area contributed by atoms with Gasteiger partial charge in [0.05, 0.1) is 0 Å². The molecule has 2 rings (SSSR count). The third kappa shape index (κ3) is 2.73. The second kappa shape index (κ2) is 4.70. The Balaban J connectivity index is 2.23. The first-order chi connectivity index (χ1) is 8.54. The van der Waals surface area contributed by atoms with Gasteiger partial charge in [-0.2, -0.15) is 0 Å².